The van der Waals surface area contributed by atoms with Crippen molar-refractivity contribution in [1.29, 1.82) is 0 Å². The maximum Gasteiger partial charge on any atom is 0.0413 e. The van der Waals surface area contributed by atoms with Crippen LogP contribution in [0.15, 0.2) is 30.3 Å². The zero-order chi connectivity index (χ0) is 13.3. The predicted molar refractivity (Wildman–Crippen MR) is 81.0 cm³/mol. The molecular formula is C16H21NS. The van der Waals surface area contributed by atoms with Crippen LogP contribution in [0.25, 0.3) is 10.4 Å². The summed E-state index contributed by atoms with van der Waals surface area (Å²) in [5.41, 5.74) is 10.1. The van der Waals surface area contributed by atoms with E-state index in [4.69, 9.17) is 5.73 Å². The van der Waals surface area contributed by atoms with Gasteiger partial charge in [-0.1, -0.05) is 43.2 Å². The van der Waals surface area contributed by atoms with Gasteiger partial charge in [0.05, 0.1) is 0 Å². The van der Waals surface area contributed by atoms with Crippen molar-refractivity contribution in [2.45, 2.75) is 33.7 Å². The quantitative estimate of drug-likeness (QED) is 0.850. The van der Waals surface area contributed by atoms with E-state index >= 15 is 0 Å². The average Bonchev–Trinajstić information content (AvgIpc) is 2.75. The summed E-state index contributed by atoms with van der Waals surface area (Å²) in [6, 6.07) is 11.2. The smallest absolute Gasteiger partial charge is 0.0413 e. The fourth-order valence-electron chi connectivity index (χ4n) is 2.13. The molecule has 1 aromatic heterocycles. The van der Waals surface area contributed by atoms with Gasteiger partial charge in [-0.3, -0.25) is 0 Å². The van der Waals surface area contributed by atoms with E-state index in [1.165, 1.54) is 26.4 Å². The van der Waals surface area contributed by atoms with Crippen LogP contribution in [0.2, 0.25) is 0 Å². The Labute approximate surface area is 114 Å². The molecule has 18 heavy (non-hydrogen) atoms. The number of benzene rings is 1. The fraction of sp³-hybridized carbons (Fsp3) is 0.375. The van der Waals surface area contributed by atoms with Crippen LogP contribution in [0.4, 0.5) is 0 Å². The molecule has 2 rings (SSSR count). The van der Waals surface area contributed by atoms with Gasteiger partial charge < -0.3 is 5.73 Å². The van der Waals surface area contributed by atoms with E-state index in [9.17, 15) is 0 Å². The van der Waals surface area contributed by atoms with Crippen molar-refractivity contribution >= 4 is 11.3 Å². The van der Waals surface area contributed by atoms with Gasteiger partial charge in [0, 0.05) is 15.8 Å². The van der Waals surface area contributed by atoms with Crippen LogP contribution in [0, 0.1) is 19.8 Å². The minimum Gasteiger partial charge on any atom is -0.323 e. The number of rotatable bonds is 3. The lowest BCUT2D eigenvalue weighted by Crippen LogP contribution is -2.14. The fourth-order valence-corrected chi connectivity index (χ4v) is 3.30. The van der Waals surface area contributed by atoms with Gasteiger partial charge in [-0.2, -0.15) is 0 Å². The van der Waals surface area contributed by atoms with Crippen molar-refractivity contribution in [3.63, 3.8) is 0 Å². The standard InChI is InChI=1S/C16H21NS/c1-10(2)16(17)15-6-5-14(18-15)13-8-11(3)7-12(4)9-13/h5-10,16H,17H2,1-4H3. The van der Waals surface area contributed by atoms with Crippen LogP contribution < -0.4 is 5.73 Å². The molecule has 2 aromatic rings. The number of hydrogen-bond donors (Lipinski definition) is 1. The van der Waals surface area contributed by atoms with Crippen molar-refractivity contribution in [2.75, 3.05) is 0 Å². The summed E-state index contributed by atoms with van der Waals surface area (Å²) in [6.07, 6.45) is 0. The van der Waals surface area contributed by atoms with Crippen LogP contribution in [0.3, 0.4) is 0 Å². The van der Waals surface area contributed by atoms with E-state index in [-0.39, 0.29) is 6.04 Å². The summed E-state index contributed by atoms with van der Waals surface area (Å²) < 4.78 is 0. The number of hydrogen-bond acceptors (Lipinski definition) is 2. The third-order valence-electron chi connectivity index (χ3n) is 3.18. The Hall–Kier alpha value is -1.12. The van der Waals surface area contributed by atoms with E-state index in [1.54, 1.807) is 0 Å². The van der Waals surface area contributed by atoms with Crippen molar-refractivity contribution in [2.24, 2.45) is 11.7 Å². The molecule has 0 saturated heterocycles. The molecule has 1 atom stereocenters. The van der Waals surface area contributed by atoms with Gasteiger partial charge in [0.25, 0.3) is 0 Å². The minimum absolute atomic E-state index is 0.148. The Balaban J connectivity index is 2.35. The summed E-state index contributed by atoms with van der Waals surface area (Å²) in [7, 11) is 0. The molecular weight excluding hydrogens is 238 g/mol. The maximum atomic E-state index is 6.20. The Morgan fingerprint density at radius 1 is 1.00 bits per heavy atom. The first-order valence-electron chi connectivity index (χ1n) is 6.41. The zero-order valence-electron chi connectivity index (χ0n) is 11.5. The molecule has 1 nitrogen and oxygen atoms in total. The highest BCUT2D eigenvalue weighted by Crippen LogP contribution is 2.33. The monoisotopic (exact) mass is 259 g/mol. The highest BCUT2D eigenvalue weighted by molar-refractivity contribution is 7.15. The third-order valence-corrected chi connectivity index (χ3v) is 4.42. The molecule has 2 N–H and O–H groups in total. The van der Waals surface area contributed by atoms with Gasteiger partial charge >= 0.3 is 0 Å². The van der Waals surface area contributed by atoms with Crippen LogP contribution in [-0.4, -0.2) is 0 Å². The SMILES string of the molecule is Cc1cc(C)cc(-c2ccc(C(N)C(C)C)s2)c1. The maximum absolute atomic E-state index is 6.20. The molecule has 0 aliphatic rings. The van der Waals surface area contributed by atoms with Crippen molar-refractivity contribution in [3.05, 3.63) is 46.3 Å². The van der Waals surface area contributed by atoms with E-state index in [0.29, 0.717) is 5.92 Å². The van der Waals surface area contributed by atoms with Crippen LogP contribution in [0.1, 0.15) is 35.9 Å². The predicted octanol–water partition coefficient (Wildman–Crippen LogP) is 4.69. The van der Waals surface area contributed by atoms with Gasteiger partial charge in [-0.15, -0.1) is 11.3 Å². The molecule has 0 spiro atoms. The van der Waals surface area contributed by atoms with Crippen molar-refractivity contribution in [1.82, 2.24) is 0 Å². The summed E-state index contributed by atoms with van der Waals surface area (Å²) in [6.45, 7) is 8.62. The second kappa shape index (κ2) is 5.25. The second-order valence-corrected chi connectivity index (χ2v) is 6.46. The molecule has 96 valence electrons. The molecule has 0 amide bonds. The van der Waals surface area contributed by atoms with Gasteiger partial charge in [0.15, 0.2) is 0 Å². The Bertz CT molecular complexity index is 520. The molecule has 2 heteroatoms. The van der Waals surface area contributed by atoms with Crippen LogP contribution >= 0.6 is 11.3 Å². The summed E-state index contributed by atoms with van der Waals surface area (Å²) >= 11 is 1.81. The second-order valence-electron chi connectivity index (χ2n) is 5.35. The molecule has 0 radical (unpaired) electrons. The van der Waals surface area contributed by atoms with Crippen LogP contribution in [0.5, 0.6) is 0 Å². The highest BCUT2D eigenvalue weighted by Gasteiger charge is 2.13. The van der Waals surface area contributed by atoms with Crippen LogP contribution in [-0.2, 0) is 0 Å². The van der Waals surface area contributed by atoms with E-state index in [1.807, 2.05) is 11.3 Å². The molecule has 1 heterocycles. The minimum atomic E-state index is 0.148. The lowest BCUT2D eigenvalue weighted by molar-refractivity contribution is 0.521. The average molecular weight is 259 g/mol. The molecule has 1 unspecified atom stereocenters. The molecule has 1 aromatic carbocycles. The Morgan fingerprint density at radius 3 is 2.17 bits per heavy atom. The molecule has 0 bridgehead atoms. The van der Waals surface area contributed by atoms with E-state index < -0.39 is 0 Å². The first kappa shape index (κ1) is 13.3. The summed E-state index contributed by atoms with van der Waals surface area (Å²) in [5, 5.41) is 0. The normalized spacial score (nSPS) is 13.0. The van der Waals surface area contributed by atoms with Gasteiger partial charge in [-0.05, 0) is 37.5 Å². The van der Waals surface area contributed by atoms with E-state index in [0.717, 1.165) is 0 Å². The largest absolute Gasteiger partial charge is 0.323 e. The lowest BCUT2D eigenvalue weighted by Gasteiger charge is -2.12. The summed E-state index contributed by atoms with van der Waals surface area (Å²) in [5.74, 6) is 0.482. The van der Waals surface area contributed by atoms with Gasteiger partial charge in [0.1, 0.15) is 0 Å². The summed E-state index contributed by atoms with van der Waals surface area (Å²) in [4.78, 5) is 2.59. The highest BCUT2D eigenvalue weighted by atomic mass is 32.1. The van der Waals surface area contributed by atoms with Gasteiger partial charge in [-0.25, -0.2) is 0 Å². The Kier molecular flexibility index (Phi) is 3.88. The van der Waals surface area contributed by atoms with Crippen molar-refractivity contribution < 1.29 is 0 Å². The number of aryl methyl sites for hydroxylation is 2. The molecule has 0 saturated carbocycles. The first-order chi connectivity index (χ1) is 8.47. The lowest BCUT2D eigenvalue weighted by atomic mass is 10.0. The first-order valence-corrected chi connectivity index (χ1v) is 7.23. The number of nitrogens with two attached hydrogens (primary N) is 1. The third kappa shape index (κ3) is 2.82. The molecule has 0 aliphatic carbocycles. The molecule has 0 fully saturated rings. The topological polar surface area (TPSA) is 26.0 Å². The number of thiophene rings is 1. The van der Waals surface area contributed by atoms with E-state index in [2.05, 4.69) is 58.0 Å². The Morgan fingerprint density at radius 2 is 1.61 bits per heavy atom. The van der Waals surface area contributed by atoms with Gasteiger partial charge in [0.2, 0.25) is 0 Å². The van der Waals surface area contributed by atoms with Crippen molar-refractivity contribution in [3.8, 4) is 10.4 Å². The molecule has 0 aliphatic heterocycles. The zero-order valence-corrected chi connectivity index (χ0v) is 12.3.